The van der Waals surface area contributed by atoms with Gasteiger partial charge < -0.3 is 19.7 Å². The first-order chi connectivity index (χ1) is 21.5. The molecule has 0 unspecified atom stereocenters. The lowest BCUT2D eigenvalue weighted by atomic mass is 9.96. The third-order valence-corrected chi connectivity index (χ3v) is 9.56. The molecule has 7 rings (SSSR count). The molecule has 4 atom stereocenters. The Morgan fingerprint density at radius 1 is 1.15 bits per heavy atom. The Balaban J connectivity index is 0.00000372. The van der Waals surface area contributed by atoms with Gasteiger partial charge in [-0.15, -0.1) is 0 Å². The van der Waals surface area contributed by atoms with Gasteiger partial charge in [-0.2, -0.15) is 26.7 Å². The largest absolute Gasteiger partial charge is 0.489 e. The van der Waals surface area contributed by atoms with Crippen molar-refractivity contribution in [2.75, 3.05) is 32.5 Å². The van der Waals surface area contributed by atoms with E-state index in [1.165, 1.54) is 12.1 Å². The van der Waals surface area contributed by atoms with Gasteiger partial charge in [0.05, 0.1) is 5.56 Å². The van der Waals surface area contributed by atoms with Crippen LogP contribution in [0.15, 0.2) is 48.7 Å². The van der Waals surface area contributed by atoms with Crippen molar-refractivity contribution in [3.8, 4) is 17.2 Å². The average molecular weight is 655 g/mol. The Morgan fingerprint density at radius 3 is 2.76 bits per heavy atom. The lowest BCUT2D eigenvalue weighted by Gasteiger charge is -2.36. The minimum atomic E-state index is -4.56. The maximum Gasteiger partial charge on any atom is 0.416 e. The second-order valence-electron chi connectivity index (χ2n) is 12.7. The van der Waals surface area contributed by atoms with Crippen molar-refractivity contribution in [3.63, 3.8) is 0 Å². The average Bonchev–Trinajstić information content (AvgIpc) is 3.52. The zero-order valence-electron chi connectivity index (χ0n) is 25.7. The van der Waals surface area contributed by atoms with Gasteiger partial charge in [0, 0.05) is 66.7 Å². The van der Waals surface area contributed by atoms with Crippen LogP contribution in [0.25, 0.3) is 0 Å². The SMILES string of the molecule is CN(C)[C@H]1CCCN(Cc2ccc(C(=O)C[C@@H]3[C@H]4Oc5ccc(Oc6ccnc7c6CCC(=O)N7)cc5[C@@H]34)cc2C(F)(F)F)C1.S. The topological polar surface area (TPSA) is 84.0 Å². The molecule has 2 aromatic carbocycles. The van der Waals surface area contributed by atoms with Crippen LogP contribution in [0.2, 0.25) is 0 Å². The van der Waals surface area contributed by atoms with Crippen molar-refractivity contribution in [3.05, 3.63) is 76.5 Å². The minimum Gasteiger partial charge on any atom is -0.489 e. The summed E-state index contributed by atoms with van der Waals surface area (Å²) >= 11 is 0. The van der Waals surface area contributed by atoms with Gasteiger partial charge in [0.1, 0.15) is 29.2 Å². The summed E-state index contributed by atoms with van der Waals surface area (Å²) in [7, 11) is 3.99. The number of carbonyl (C=O) groups is 2. The van der Waals surface area contributed by atoms with Gasteiger partial charge in [-0.05, 0) is 75.8 Å². The Hall–Kier alpha value is -3.61. The van der Waals surface area contributed by atoms with E-state index in [4.69, 9.17) is 9.47 Å². The van der Waals surface area contributed by atoms with Gasteiger partial charge in [0.2, 0.25) is 5.91 Å². The molecule has 3 aliphatic heterocycles. The molecule has 4 heterocycles. The summed E-state index contributed by atoms with van der Waals surface area (Å²) < 4.78 is 54.9. The minimum absolute atomic E-state index is 0. The third-order valence-electron chi connectivity index (χ3n) is 9.56. The van der Waals surface area contributed by atoms with E-state index in [-0.39, 0.29) is 67.2 Å². The zero-order valence-corrected chi connectivity index (χ0v) is 26.7. The molecular formula is C34H37F3N4O4S. The molecule has 0 spiro atoms. The molecule has 46 heavy (non-hydrogen) atoms. The van der Waals surface area contributed by atoms with Crippen LogP contribution in [0.3, 0.4) is 0 Å². The van der Waals surface area contributed by atoms with Crippen molar-refractivity contribution in [1.29, 1.82) is 0 Å². The van der Waals surface area contributed by atoms with Gasteiger partial charge in [0.25, 0.3) is 0 Å². The van der Waals surface area contributed by atoms with Crippen LogP contribution in [0.4, 0.5) is 19.0 Å². The number of ketones is 1. The van der Waals surface area contributed by atoms with Crippen LogP contribution in [0, 0.1) is 5.92 Å². The smallest absolute Gasteiger partial charge is 0.416 e. The van der Waals surface area contributed by atoms with Crippen molar-refractivity contribution < 1.29 is 32.2 Å². The molecule has 1 amide bonds. The molecule has 1 N–H and O–H groups in total. The first-order valence-electron chi connectivity index (χ1n) is 15.4. The molecule has 12 heteroatoms. The zero-order chi connectivity index (χ0) is 31.5. The van der Waals surface area contributed by atoms with Crippen LogP contribution in [0.1, 0.15) is 64.2 Å². The second kappa shape index (κ2) is 12.5. The number of likely N-dealkylation sites (N-methyl/N-ethyl adjacent to an activating group) is 1. The fourth-order valence-corrected chi connectivity index (χ4v) is 7.06. The van der Waals surface area contributed by atoms with E-state index >= 15 is 0 Å². The molecule has 8 nitrogen and oxygen atoms in total. The number of amides is 1. The quantitative estimate of drug-likeness (QED) is 0.291. The number of nitrogens with zero attached hydrogens (tertiary/aromatic N) is 3. The number of pyridine rings is 1. The lowest BCUT2D eigenvalue weighted by Crippen LogP contribution is -2.44. The normalized spacial score (nSPS) is 23.4. The summed E-state index contributed by atoms with van der Waals surface area (Å²) in [6.45, 7) is 1.67. The van der Waals surface area contributed by atoms with Gasteiger partial charge in [-0.3, -0.25) is 14.5 Å². The van der Waals surface area contributed by atoms with Gasteiger partial charge >= 0.3 is 6.18 Å². The molecule has 0 bridgehead atoms. The first-order valence-corrected chi connectivity index (χ1v) is 15.4. The number of aromatic nitrogens is 1. The fourth-order valence-electron chi connectivity index (χ4n) is 7.06. The van der Waals surface area contributed by atoms with E-state index in [0.29, 0.717) is 42.7 Å². The molecule has 1 saturated heterocycles. The van der Waals surface area contributed by atoms with Gasteiger partial charge in [-0.25, -0.2) is 4.98 Å². The van der Waals surface area contributed by atoms with Crippen LogP contribution < -0.4 is 14.8 Å². The first kappa shape index (κ1) is 32.3. The molecule has 0 radical (unpaired) electrons. The number of piperidine rings is 1. The number of hydrogen-bond acceptors (Lipinski definition) is 7. The highest BCUT2D eigenvalue weighted by Gasteiger charge is 2.59. The van der Waals surface area contributed by atoms with Crippen molar-refractivity contribution in [1.82, 2.24) is 14.8 Å². The van der Waals surface area contributed by atoms with Crippen molar-refractivity contribution in [2.45, 2.75) is 62.9 Å². The lowest BCUT2D eigenvalue weighted by molar-refractivity contribution is -0.138. The Labute approximate surface area is 272 Å². The van der Waals surface area contributed by atoms with Crippen LogP contribution in [0.5, 0.6) is 17.2 Å². The van der Waals surface area contributed by atoms with Gasteiger partial charge in [-0.1, -0.05) is 12.1 Å². The number of Topliss-reactive ketones (excluding diaryl/α,β-unsaturated/α-hetero) is 1. The number of nitrogens with one attached hydrogen (secondary N) is 1. The molecular weight excluding hydrogens is 617 g/mol. The maximum absolute atomic E-state index is 14.2. The molecule has 4 aliphatic rings. The number of alkyl halides is 3. The number of hydrogen-bond donors (Lipinski definition) is 1. The number of likely N-dealkylation sites (tertiary alicyclic amines) is 1. The number of benzene rings is 2. The fraction of sp³-hybridized carbons (Fsp3) is 0.441. The van der Waals surface area contributed by atoms with E-state index in [9.17, 15) is 22.8 Å². The Kier molecular flexibility index (Phi) is 8.81. The number of fused-ring (bicyclic) bond motifs is 4. The number of rotatable bonds is 8. The summed E-state index contributed by atoms with van der Waals surface area (Å²) in [4.78, 5) is 33.5. The van der Waals surface area contributed by atoms with Crippen molar-refractivity contribution >= 4 is 31.0 Å². The summed E-state index contributed by atoms with van der Waals surface area (Å²) in [5.74, 6) is 1.89. The predicted molar refractivity (Wildman–Crippen MR) is 171 cm³/mol. The number of anilines is 1. The van der Waals surface area contributed by atoms with Crippen LogP contribution >= 0.6 is 13.5 Å². The summed E-state index contributed by atoms with van der Waals surface area (Å²) in [6.07, 6.45) is -0.208. The summed E-state index contributed by atoms with van der Waals surface area (Å²) in [5, 5.41) is 2.77. The van der Waals surface area contributed by atoms with Crippen LogP contribution in [-0.2, 0) is 23.9 Å². The van der Waals surface area contributed by atoms with E-state index in [1.54, 1.807) is 12.3 Å². The van der Waals surface area contributed by atoms with E-state index in [2.05, 4.69) is 20.1 Å². The van der Waals surface area contributed by atoms with E-state index in [1.807, 2.05) is 32.3 Å². The highest BCUT2D eigenvalue weighted by atomic mass is 32.1. The van der Waals surface area contributed by atoms with Gasteiger partial charge in [0.15, 0.2) is 5.78 Å². The number of ether oxygens (including phenoxy) is 2. The third kappa shape index (κ3) is 6.34. The highest BCUT2D eigenvalue weighted by Crippen LogP contribution is 2.60. The predicted octanol–water partition coefficient (Wildman–Crippen LogP) is 6.16. The van der Waals surface area contributed by atoms with E-state index in [0.717, 1.165) is 42.3 Å². The molecule has 244 valence electrons. The molecule has 1 aliphatic carbocycles. The molecule has 2 fully saturated rings. The van der Waals surface area contributed by atoms with Crippen LogP contribution in [-0.4, -0.2) is 65.8 Å². The maximum atomic E-state index is 14.2. The molecule has 3 aromatic rings. The number of halogens is 3. The number of carbonyl (C=O) groups excluding carboxylic acids is 2. The Morgan fingerprint density at radius 2 is 1.98 bits per heavy atom. The van der Waals surface area contributed by atoms with Crippen molar-refractivity contribution in [2.24, 2.45) is 5.92 Å². The monoisotopic (exact) mass is 654 g/mol. The summed E-state index contributed by atoms with van der Waals surface area (Å²) in [6, 6.07) is 11.7. The molecule has 1 aromatic heterocycles. The standard InChI is InChI=1S/C34H35F3N4O4.H2S/c1-40(2)21-4-3-13-41(18-21)17-20-6-5-19(14-26(20)34(35,36)37)27(42)16-25-31-24-15-22(7-9-28(24)45-32(25)31)44-29-11-12-38-33-23(29)8-10-30(43)39-33;/h5-7,9,11-12,14-15,21,25,31-32H,3-4,8,10,13,16-18H2,1-2H3,(H,38,39,43);1H2/t21-,25-,31-,32+;/m0./s1. The molecule has 1 saturated carbocycles. The summed E-state index contributed by atoms with van der Waals surface area (Å²) in [5.41, 5.74) is 1.30. The van der Waals surface area contributed by atoms with E-state index < -0.39 is 11.7 Å². The second-order valence-corrected chi connectivity index (χ2v) is 12.7. The highest BCUT2D eigenvalue weighted by molar-refractivity contribution is 7.59. The Bertz CT molecular complexity index is 1670.